The zero-order valence-corrected chi connectivity index (χ0v) is 31.0. The Morgan fingerprint density at radius 1 is 0.977 bits per heavy atom. The van der Waals surface area contributed by atoms with Gasteiger partial charge < -0.3 is 28.1 Å². The van der Waals surface area contributed by atoms with E-state index in [1.165, 1.54) is 6.08 Å². The lowest BCUT2D eigenvalue weighted by molar-refractivity contribution is -0.161. The molecular formula is C33H56N2O7Si2. The third kappa shape index (κ3) is 7.26. The number of rotatable bonds is 12. The summed E-state index contributed by atoms with van der Waals surface area (Å²) in [5.41, 5.74) is 1.17. The van der Waals surface area contributed by atoms with Gasteiger partial charge in [0.05, 0.1) is 30.7 Å². The maximum absolute atomic E-state index is 13.7. The second-order valence-corrected chi connectivity index (χ2v) is 25.1. The van der Waals surface area contributed by atoms with Crippen LogP contribution in [-0.2, 0) is 27.9 Å². The first kappa shape index (κ1) is 36.3. The maximum Gasteiger partial charge on any atom is 0.410 e. The zero-order chi connectivity index (χ0) is 33.4. The number of likely N-dealkylation sites (tertiary alicyclic amines) is 1. The Kier molecular flexibility index (Phi) is 10.9. The number of fused-ring (bicyclic) bond motifs is 1. The molecule has 0 aliphatic carbocycles. The Morgan fingerprint density at radius 3 is 2.09 bits per heavy atom. The van der Waals surface area contributed by atoms with Gasteiger partial charge in [-0.25, -0.2) is 9.59 Å². The Bertz CT molecular complexity index is 1170. The highest BCUT2D eigenvalue weighted by atomic mass is 28.4. The molecule has 0 bridgehead atoms. The molecule has 2 amide bonds. The number of amides is 2. The van der Waals surface area contributed by atoms with Crippen molar-refractivity contribution in [2.24, 2.45) is 11.8 Å². The van der Waals surface area contributed by atoms with Gasteiger partial charge in [-0.1, -0.05) is 66.9 Å². The highest BCUT2D eigenvalue weighted by Crippen LogP contribution is 2.50. The molecule has 3 aliphatic rings. The summed E-state index contributed by atoms with van der Waals surface area (Å²) in [7, 11) is -4.22. The van der Waals surface area contributed by atoms with Crippen LogP contribution in [0.4, 0.5) is 4.79 Å². The lowest BCUT2D eigenvalue weighted by Crippen LogP contribution is -2.63. The van der Waals surface area contributed by atoms with Crippen molar-refractivity contribution in [3.63, 3.8) is 0 Å². The predicted molar refractivity (Wildman–Crippen MR) is 178 cm³/mol. The van der Waals surface area contributed by atoms with E-state index < -0.39 is 28.7 Å². The fourth-order valence-corrected chi connectivity index (χ4v) is 8.32. The molecule has 3 aliphatic heterocycles. The summed E-state index contributed by atoms with van der Waals surface area (Å²) in [6, 6.07) is -0.419. The lowest BCUT2D eigenvalue weighted by Gasteiger charge is -2.49. The van der Waals surface area contributed by atoms with E-state index in [4.69, 9.17) is 18.3 Å². The Balaban J connectivity index is 1.92. The molecule has 1 unspecified atom stereocenters. The monoisotopic (exact) mass is 648 g/mol. The van der Waals surface area contributed by atoms with Gasteiger partial charge >= 0.3 is 12.1 Å². The topological polar surface area (TPSA) is 94.6 Å². The van der Waals surface area contributed by atoms with Gasteiger partial charge in [-0.15, -0.1) is 0 Å². The van der Waals surface area contributed by atoms with E-state index in [0.717, 1.165) is 5.57 Å². The summed E-state index contributed by atoms with van der Waals surface area (Å²) in [4.78, 5) is 43.7. The fourth-order valence-electron chi connectivity index (χ4n) is 5.84. The maximum atomic E-state index is 13.7. The first-order chi connectivity index (χ1) is 20.2. The van der Waals surface area contributed by atoms with Crippen molar-refractivity contribution in [2.45, 2.75) is 116 Å². The number of nitrogens with zero attached hydrogens (tertiary/aromatic N) is 2. The summed E-state index contributed by atoms with van der Waals surface area (Å²) in [6.45, 7) is 32.1. The number of carbonyl (C=O) groups is 3. The van der Waals surface area contributed by atoms with Crippen LogP contribution < -0.4 is 0 Å². The van der Waals surface area contributed by atoms with Gasteiger partial charge in [-0.3, -0.25) is 4.79 Å². The minimum Gasteiger partial charge on any atom is -0.457 e. The van der Waals surface area contributed by atoms with E-state index in [1.54, 1.807) is 15.9 Å². The van der Waals surface area contributed by atoms with Crippen LogP contribution in [0, 0.1) is 11.8 Å². The highest BCUT2D eigenvalue weighted by molar-refractivity contribution is 6.74. The normalized spacial score (nSPS) is 25.0. The van der Waals surface area contributed by atoms with Crippen LogP contribution in [0.3, 0.4) is 0 Å². The Morgan fingerprint density at radius 2 is 1.55 bits per heavy atom. The minimum atomic E-state index is -2.13. The van der Waals surface area contributed by atoms with Crippen molar-refractivity contribution >= 4 is 34.6 Å². The SMILES string of the molecule is C=CCOC(=O)C1=C(C2C[C@@H](CO[Si](C)(C)C(C)(C)C)N(C(=O)OCC=C)C2)C[C@@H]2[C@@H]([C@@H](C)O[Si](C)(C)C(C)(C)C)C(=O)N12. The molecule has 0 spiro atoms. The smallest absolute Gasteiger partial charge is 0.410 e. The zero-order valence-electron chi connectivity index (χ0n) is 29.0. The molecular weight excluding hydrogens is 593 g/mol. The van der Waals surface area contributed by atoms with Crippen LogP contribution in [-0.4, -0.2) is 89.0 Å². The quantitative estimate of drug-likeness (QED) is 0.101. The Labute approximate surface area is 267 Å². The second kappa shape index (κ2) is 13.3. The molecule has 0 radical (unpaired) electrons. The molecule has 11 heteroatoms. The van der Waals surface area contributed by atoms with E-state index in [1.807, 2.05) is 6.92 Å². The second-order valence-electron chi connectivity index (χ2n) is 15.5. The van der Waals surface area contributed by atoms with Gasteiger partial charge in [0.25, 0.3) is 0 Å². The molecule has 5 atom stereocenters. The molecule has 44 heavy (non-hydrogen) atoms. The summed E-state index contributed by atoms with van der Waals surface area (Å²) in [5.74, 6) is -1.15. The average molecular weight is 649 g/mol. The number of ether oxygens (including phenoxy) is 2. The molecule has 3 rings (SSSR count). The van der Waals surface area contributed by atoms with Crippen LogP contribution in [0.25, 0.3) is 0 Å². The van der Waals surface area contributed by atoms with E-state index in [-0.39, 0.29) is 59.2 Å². The molecule has 2 fully saturated rings. The van der Waals surface area contributed by atoms with Crippen molar-refractivity contribution in [2.75, 3.05) is 26.4 Å². The van der Waals surface area contributed by atoms with E-state index in [9.17, 15) is 14.4 Å². The predicted octanol–water partition coefficient (Wildman–Crippen LogP) is 6.65. The van der Waals surface area contributed by atoms with Gasteiger partial charge in [0.15, 0.2) is 16.6 Å². The molecule has 0 aromatic rings. The molecule has 2 saturated heterocycles. The number of carbonyl (C=O) groups excluding carboxylic acids is 3. The lowest BCUT2D eigenvalue weighted by atomic mass is 9.81. The van der Waals surface area contributed by atoms with E-state index in [0.29, 0.717) is 31.7 Å². The third-order valence-corrected chi connectivity index (χ3v) is 19.5. The molecule has 0 N–H and O–H groups in total. The number of β-lactam (4-membered cyclic amide) rings is 1. The number of esters is 1. The molecule has 0 saturated carbocycles. The van der Waals surface area contributed by atoms with Crippen LogP contribution in [0.2, 0.25) is 36.3 Å². The van der Waals surface area contributed by atoms with Crippen LogP contribution in [0.15, 0.2) is 36.6 Å². The van der Waals surface area contributed by atoms with Crippen LogP contribution >= 0.6 is 0 Å². The van der Waals surface area contributed by atoms with Gasteiger partial charge in [0, 0.05) is 12.5 Å². The van der Waals surface area contributed by atoms with Gasteiger partial charge in [-0.2, -0.15) is 0 Å². The van der Waals surface area contributed by atoms with Crippen molar-refractivity contribution in [1.29, 1.82) is 0 Å². The fraction of sp³-hybridized carbons (Fsp3) is 0.727. The standard InChI is InChI=1S/C33H56N2O7Si2/c1-14-16-39-30(37)28-25(19-26-27(29(36)35(26)28)22(3)42-44(12,13)33(7,8)9)23-18-24(21-41-43(10,11)32(4,5)6)34(20-23)31(38)40-17-15-2/h14-15,22-24,26-27H,1-2,16-21H2,3-13H3/t22-,23?,24+,26-,27-/m1/s1. The first-order valence-electron chi connectivity index (χ1n) is 15.9. The Hall–Kier alpha value is -2.22. The van der Waals surface area contributed by atoms with Crippen molar-refractivity contribution < 1.29 is 32.7 Å². The first-order valence-corrected chi connectivity index (χ1v) is 21.7. The summed E-state index contributed by atoms with van der Waals surface area (Å²) in [6.07, 6.45) is 3.48. The number of hydrogen-bond donors (Lipinski definition) is 0. The highest BCUT2D eigenvalue weighted by Gasteiger charge is 2.59. The molecule has 0 aromatic carbocycles. The van der Waals surface area contributed by atoms with Crippen molar-refractivity contribution in [3.8, 4) is 0 Å². The van der Waals surface area contributed by atoms with Crippen LogP contribution in [0.5, 0.6) is 0 Å². The van der Waals surface area contributed by atoms with E-state index in [2.05, 4.69) is 80.9 Å². The largest absolute Gasteiger partial charge is 0.457 e. The van der Waals surface area contributed by atoms with Gasteiger partial charge in [-0.05, 0) is 61.6 Å². The summed E-state index contributed by atoms with van der Waals surface area (Å²) >= 11 is 0. The van der Waals surface area contributed by atoms with Gasteiger partial charge in [0.1, 0.15) is 18.9 Å². The summed E-state index contributed by atoms with van der Waals surface area (Å²) < 4.78 is 24.2. The third-order valence-electron chi connectivity index (χ3n) is 10.5. The van der Waals surface area contributed by atoms with Crippen LogP contribution in [0.1, 0.15) is 61.3 Å². The van der Waals surface area contributed by atoms with Crippen molar-refractivity contribution in [1.82, 2.24) is 9.80 Å². The number of hydrogen-bond acceptors (Lipinski definition) is 7. The minimum absolute atomic E-state index is 0.00148. The average Bonchev–Trinajstić information content (AvgIpc) is 3.47. The summed E-state index contributed by atoms with van der Waals surface area (Å²) in [5, 5.41) is 0.0156. The van der Waals surface area contributed by atoms with Gasteiger partial charge in [0.2, 0.25) is 5.91 Å². The van der Waals surface area contributed by atoms with Crippen molar-refractivity contribution in [3.05, 3.63) is 36.6 Å². The molecule has 9 nitrogen and oxygen atoms in total. The van der Waals surface area contributed by atoms with E-state index >= 15 is 0 Å². The molecule has 248 valence electrons. The molecule has 3 heterocycles. The molecule has 0 aromatic heterocycles.